The van der Waals surface area contributed by atoms with Gasteiger partial charge in [-0.2, -0.15) is 0 Å². The Morgan fingerprint density at radius 1 is 1.20 bits per heavy atom. The van der Waals surface area contributed by atoms with Crippen molar-refractivity contribution in [2.75, 3.05) is 11.9 Å². The molecule has 114 valence electrons. The molecule has 1 aromatic rings. The second-order valence-electron chi connectivity index (χ2n) is 5.07. The minimum absolute atomic E-state index is 0.0282. The Morgan fingerprint density at radius 2 is 1.95 bits per heavy atom. The average molecular weight is 382 g/mol. The van der Waals surface area contributed by atoms with Gasteiger partial charge in [0, 0.05) is 5.33 Å². The van der Waals surface area contributed by atoms with E-state index in [0.29, 0.717) is 16.0 Å². The highest BCUT2D eigenvalue weighted by atomic mass is 79.9. The van der Waals surface area contributed by atoms with Crippen molar-refractivity contribution < 1.29 is 4.74 Å². The molecule has 0 amide bonds. The van der Waals surface area contributed by atoms with Gasteiger partial charge < -0.3 is 4.74 Å². The number of unbranched alkanes of at least 4 members (excludes halogenated alkanes) is 1. The quantitative estimate of drug-likeness (QED) is 0.434. The van der Waals surface area contributed by atoms with Gasteiger partial charge in [-0.15, -0.1) is 0 Å². The van der Waals surface area contributed by atoms with Crippen LogP contribution in [0.1, 0.15) is 51.2 Å². The maximum absolute atomic E-state index is 6.07. The Bertz CT molecular complexity index is 398. The molecule has 4 heteroatoms. The van der Waals surface area contributed by atoms with Gasteiger partial charge >= 0.3 is 0 Å². The van der Waals surface area contributed by atoms with E-state index in [2.05, 4.69) is 29.8 Å². The number of hydrogen-bond donors (Lipinski definition) is 0. The van der Waals surface area contributed by atoms with Crippen LogP contribution in [0.25, 0.3) is 0 Å². The Kier molecular flexibility index (Phi) is 9.19. The van der Waals surface area contributed by atoms with E-state index in [1.807, 2.05) is 18.2 Å². The fourth-order valence-corrected chi connectivity index (χ4v) is 2.96. The van der Waals surface area contributed by atoms with Gasteiger partial charge in [0.2, 0.25) is 0 Å². The highest BCUT2D eigenvalue weighted by Crippen LogP contribution is 2.29. The first kappa shape index (κ1) is 18.3. The van der Waals surface area contributed by atoms with Gasteiger partial charge in [-0.25, -0.2) is 0 Å². The predicted molar refractivity (Wildman–Crippen MR) is 92.3 cm³/mol. The van der Waals surface area contributed by atoms with Gasteiger partial charge in [0.15, 0.2) is 0 Å². The Balaban J connectivity index is 2.59. The van der Waals surface area contributed by atoms with Crippen LogP contribution in [0.15, 0.2) is 18.2 Å². The number of halogens is 3. The molecule has 0 aliphatic heterocycles. The summed E-state index contributed by atoms with van der Waals surface area (Å²) in [7, 11) is 0. The molecule has 0 N–H and O–H groups in total. The zero-order valence-electron chi connectivity index (χ0n) is 12.2. The molecule has 20 heavy (non-hydrogen) atoms. The summed E-state index contributed by atoms with van der Waals surface area (Å²) in [5.74, 6) is 0.638. The molecule has 1 rings (SSSR count). The summed E-state index contributed by atoms with van der Waals surface area (Å²) in [5, 5.41) is 1.92. The molecule has 0 saturated carbocycles. The lowest BCUT2D eigenvalue weighted by Crippen LogP contribution is -2.14. The fraction of sp³-hybridized carbons (Fsp3) is 0.625. The number of benzene rings is 1. The van der Waals surface area contributed by atoms with E-state index in [1.54, 1.807) is 0 Å². The molecular weight excluding hydrogens is 359 g/mol. The fourth-order valence-electron chi connectivity index (χ4n) is 2.09. The van der Waals surface area contributed by atoms with E-state index in [1.165, 1.54) is 19.3 Å². The van der Waals surface area contributed by atoms with Crippen LogP contribution in [-0.2, 0) is 4.74 Å². The van der Waals surface area contributed by atoms with Crippen LogP contribution >= 0.6 is 39.1 Å². The summed E-state index contributed by atoms with van der Waals surface area (Å²) in [6, 6.07) is 5.70. The molecule has 0 bridgehead atoms. The maximum atomic E-state index is 6.07. The zero-order valence-corrected chi connectivity index (χ0v) is 15.3. The lowest BCUT2D eigenvalue weighted by Gasteiger charge is -2.21. The van der Waals surface area contributed by atoms with Gasteiger partial charge in [-0.3, -0.25) is 0 Å². The van der Waals surface area contributed by atoms with Crippen molar-refractivity contribution in [3.63, 3.8) is 0 Å². The van der Waals surface area contributed by atoms with Crippen LogP contribution in [-0.4, -0.2) is 11.9 Å². The third kappa shape index (κ3) is 5.93. The van der Waals surface area contributed by atoms with Gasteiger partial charge in [0.05, 0.1) is 22.8 Å². The summed E-state index contributed by atoms with van der Waals surface area (Å²) in [5.41, 5.74) is 1.07. The van der Waals surface area contributed by atoms with Gasteiger partial charge in [0.1, 0.15) is 0 Å². The van der Waals surface area contributed by atoms with E-state index in [4.69, 9.17) is 27.9 Å². The molecule has 1 aromatic carbocycles. The minimum Gasteiger partial charge on any atom is -0.372 e. The first-order chi connectivity index (χ1) is 9.62. The molecular formula is C16H23BrCl2O. The van der Waals surface area contributed by atoms with Crippen LogP contribution in [0, 0.1) is 5.92 Å². The molecule has 0 fully saturated rings. The Labute approximate surface area is 141 Å². The molecule has 2 atom stereocenters. The topological polar surface area (TPSA) is 9.23 Å². The maximum Gasteiger partial charge on any atom is 0.0922 e. The van der Waals surface area contributed by atoms with Crippen LogP contribution in [0.5, 0.6) is 0 Å². The van der Waals surface area contributed by atoms with E-state index in [9.17, 15) is 0 Å². The highest BCUT2D eigenvalue weighted by Gasteiger charge is 2.15. The largest absolute Gasteiger partial charge is 0.372 e. The smallest absolute Gasteiger partial charge is 0.0922 e. The average Bonchev–Trinajstić information content (AvgIpc) is 2.46. The SMILES string of the molecule is CCCCC(CC)COC(CBr)c1ccc(Cl)c(Cl)c1. The molecule has 1 nitrogen and oxygen atoms in total. The standard InChI is InChI=1S/C16H23BrCl2O/c1-3-5-6-12(4-2)11-20-16(10-17)13-7-8-14(18)15(19)9-13/h7-9,12,16H,3-6,10-11H2,1-2H3. The summed E-state index contributed by atoms with van der Waals surface area (Å²) < 4.78 is 6.07. The van der Waals surface area contributed by atoms with Crippen LogP contribution in [0.2, 0.25) is 10.0 Å². The molecule has 2 unspecified atom stereocenters. The molecule has 0 heterocycles. The first-order valence-electron chi connectivity index (χ1n) is 7.24. The third-order valence-electron chi connectivity index (χ3n) is 3.53. The summed E-state index contributed by atoms with van der Waals surface area (Å²) >= 11 is 15.5. The van der Waals surface area contributed by atoms with Crippen molar-refractivity contribution in [1.29, 1.82) is 0 Å². The molecule has 0 saturated heterocycles. The molecule has 0 aliphatic carbocycles. The monoisotopic (exact) mass is 380 g/mol. The number of ether oxygens (including phenoxy) is 1. The second-order valence-corrected chi connectivity index (χ2v) is 6.53. The van der Waals surface area contributed by atoms with Crippen LogP contribution < -0.4 is 0 Å². The molecule has 0 aromatic heterocycles. The van der Waals surface area contributed by atoms with Crippen molar-refractivity contribution in [2.45, 2.75) is 45.6 Å². The highest BCUT2D eigenvalue weighted by molar-refractivity contribution is 9.09. The van der Waals surface area contributed by atoms with E-state index in [-0.39, 0.29) is 6.10 Å². The Morgan fingerprint density at radius 3 is 2.50 bits per heavy atom. The summed E-state index contributed by atoms with van der Waals surface area (Å²) in [4.78, 5) is 0. The predicted octanol–water partition coefficient (Wildman–Crippen LogP) is 6.66. The second kappa shape index (κ2) is 10.0. The summed E-state index contributed by atoms with van der Waals surface area (Å²) in [6.07, 6.45) is 4.94. The van der Waals surface area contributed by atoms with Crippen molar-refractivity contribution >= 4 is 39.1 Å². The van der Waals surface area contributed by atoms with Gasteiger partial charge in [0.25, 0.3) is 0 Å². The number of rotatable bonds is 9. The van der Waals surface area contributed by atoms with Crippen LogP contribution in [0.3, 0.4) is 0 Å². The van der Waals surface area contributed by atoms with Crippen molar-refractivity contribution in [1.82, 2.24) is 0 Å². The van der Waals surface area contributed by atoms with Gasteiger partial charge in [-0.1, -0.05) is 78.3 Å². The van der Waals surface area contributed by atoms with E-state index >= 15 is 0 Å². The lowest BCUT2D eigenvalue weighted by atomic mass is 10.0. The molecule has 0 aliphatic rings. The third-order valence-corrected chi connectivity index (χ3v) is 4.86. The van der Waals surface area contributed by atoms with E-state index < -0.39 is 0 Å². The molecule has 0 radical (unpaired) electrons. The lowest BCUT2D eigenvalue weighted by molar-refractivity contribution is 0.0393. The van der Waals surface area contributed by atoms with Gasteiger partial charge in [-0.05, 0) is 30.0 Å². The van der Waals surface area contributed by atoms with Crippen LogP contribution in [0.4, 0.5) is 0 Å². The minimum atomic E-state index is 0.0282. The van der Waals surface area contributed by atoms with Crippen molar-refractivity contribution in [3.8, 4) is 0 Å². The summed E-state index contributed by atoms with van der Waals surface area (Å²) in [6.45, 7) is 5.25. The van der Waals surface area contributed by atoms with E-state index in [0.717, 1.165) is 23.9 Å². The number of hydrogen-bond acceptors (Lipinski definition) is 1. The number of alkyl halides is 1. The normalized spacial score (nSPS) is 14.2. The van der Waals surface area contributed by atoms with Crippen molar-refractivity contribution in [2.24, 2.45) is 5.92 Å². The molecule has 0 spiro atoms. The van der Waals surface area contributed by atoms with Crippen molar-refractivity contribution in [3.05, 3.63) is 33.8 Å². The first-order valence-corrected chi connectivity index (χ1v) is 9.12. The Hall–Kier alpha value is 0.240. The zero-order chi connectivity index (χ0) is 15.0.